The first-order chi connectivity index (χ1) is 11.6. The zero-order valence-corrected chi connectivity index (χ0v) is 16.5. The molecule has 0 aromatic carbocycles. The maximum absolute atomic E-state index is 4.74. The van der Waals surface area contributed by atoms with E-state index in [9.17, 15) is 0 Å². The molecule has 0 unspecified atom stereocenters. The summed E-state index contributed by atoms with van der Waals surface area (Å²) in [4.78, 5) is 13.1. The lowest BCUT2D eigenvalue weighted by atomic mass is 9.97. The molecule has 2 N–H and O–H groups in total. The van der Waals surface area contributed by atoms with Crippen molar-refractivity contribution < 1.29 is 0 Å². The van der Waals surface area contributed by atoms with E-state index in [1.165, 1.54) is 43.8 Å². The Bertz CT molecular complexity index is 517. The molecule has 0 atom stereocenters. The molecule has 1 aliphatic rings. The fraction of sp³-hybridized carbons (Fsp3) is 0.778. The third-order valence-corrected chi connectivity index (χ3v) is 5.59. The van der Waals surface area contributed by atoms with Crippen LogP contribution in [0.3, 0.4) is 0 Å². The smallest absolute Gasteiger partial charge is 0.191 e. The van der Waals surface area contributed by atoms with Crippen molar-refractivity contribution in [3.8, 4) is 0 Å². The first kappa shape index (κ1) is 19.2. The van der Waals surface area contributed by atoms with Crippen LogP contribution in [0, 0.1) is 19.8 Å². The summed E-state index contributed by atoms with van der Waals surface area (Å²) in [6.45, 7) is 14.9. The Morgan fingerprint density at radius 3 is 2.58 bits per heavy atom. The maximum Gasteiger partial charge on any atom is 0.191 e. The van der Waals surface area contributed by atoms with E-state index in [4.69, 9.17) is 4.99 Å². The molecule has 136 valence electrons. The van der Waals surface area contributed by atoms with Crippen molar-refractivity contribution in [2.75, 3.05) is 32.7 Å². The molecule has 1 aromatic rings. The standard InChI is InChI=1S/C18H33N5S/c1-5-9-23-10-7-16(8-11-23)12-20-18(19-6-2)21-13-17-14(3)22-15(4)24-17/h16H,5-13H2,1-4H3,(H2,19,20,21). The number of rotatable bonds is 7. The van der Waals surface area contributed by atoms with Crippen LogP contribution in [0.5, 0.6) is 0 Å². The van der Waals surface area contributed by atoms with Crippen molar-refractivity contribution in [2.24, 2.45) is 10.9 Å². The van der Waals surface area contributed by atoms with E-state index in [1.807, 2.05) is 0 Å². The van der Waals surface area contributed by atoms with E-state index in [2.05, 4.69) is 48.2 Å². The SMILES string of the molecule is CCCN1CCC(CNC(=NCc2sc(C)nc2C)NCC)CC1. The minimum atomic E-state index is 0.710. The van der Waals surface area contributed by atoms with Crippen LogP contribution in [0.25, 0.3) is 0 Å². The Hall–Kier alpha value is -1.14. The number of piperidine rings is 1. The highest BCUT2D eigenvalue weighted by Gasteiger charge is 2.18. The normalized spacial score (nSPS) is 17.2. The van der Waals surface area contributed by atoms with E-state index >= 15 is 0 Å². The molecule has 0 aliphatic carbocycles. The average Bonchev–Trinajstić information content (AvgIpc) is 2.89. The molecule has 24 heavy (non-hydrogen) atoms. The number of aryl methyl sites for hydroxylation is 2. The predicted octanol–water partition coefficient (Wildman–Crippen LogP) is 2.94. The lowest BCUT2D eigenvalue weighted by Gasteiger charge is -2.32. The highest BCUT2D eigenvalue weighted by atomic mass is 32.1. The second kappa shape index (κ2) is 9.99. The second-order valence-corrected chi connectivity index (χ2v) is 7.89. The number of thiazole rings is 1. The number of hydrogen-bond donors (Lipinski definition) is 2. The van der Waals surface area contributed by atoms with Gasteiger partial charge in [-0.3, -0.25) is 0 Å². The third-order valence-electron chi connectivity index (χ3n) is 4.53. The van der Waals surface area contributed by atoms with Gasteiger partial charge in [0.15, 0.2) is 5.96 Å². The van der Waals surface area contributed by atoms with Crippen LogP contribution in [0.2, 0.25) is 0 Å². The van der Waals surface area contributed by atoms with Crippen LogP contribution in [0.15, 0.2) is 4.99 Å². The van der Waals surface area contributed by atoms with Crippen molar-refractivity contribution in [3.63, 3.8) is 0 Å². The summed E-state index contributed by atoms with van der Waals surface area (Å²) in [5, 5.41) is 8.02. The summed E-state index contributed by atoms with van der Waals surface area (Å²) in [6.07, 6.45) is 3.84. The van der Waals surface area contributed by atoms with E-state index in [-0.39, 0.29) is 0 Å². The molecule has 1 saturated heterocycles. The number of likely N-dealkylation sites (tertiary alicyclic amines) is 1. The first-order valence-corrected chi connectivity index (χ1v) is 10.1. The van der Waals surface area contributed by atoms with Crippen molar-refractivity contribution in [3.05, 3.63) is 15.6 Å². The fourth-order valence-electron chi connectivity index (χ4n) is 3.18. The van der Waals surface area contributed by atoms with E-state index in [1.54, 1.807) is 11.3 Å². The van der Waals surface area contributed by atoms with Gasteiger partial charge in [0.1, 0.15) is 0 Å². The Balaban J connectivity index is 1.80. The van der Waals surface area contributed by atoms with Gasteiger partial charge in [-0.2, -0.15) is 0 Å². The Labute approximate surface area is 151 Å². The summed E-state index contributed by atoms with van der Waals surface area (Å²) in [5.41, 5.74) is 1.11. The minimum absolute atomic E-state index is 0.710. The maximum atomic E-state index is 4.74. The van der Waals surface area contributed by atoms with Gasteiger partial charge in [-0.15, -0.1) is 11.3 Å². The first-order valence-electron chi connectivity index (χ1n) is 9.29. The van der Waals surface area contributed by atoms with Gasteiger partial charge >= 0.3 is 0 Å². The van der Waals surface area contributed by atoms with E-state index in [0.29, 0.717) is 6.54 Å². The lowest BCUT2D eigenvalue weighted by molar-refractivity contribution is 0.185. The van der Waals surface area contributed by atoms with Crippen LogP contribution < -0.4 is 10.6 Å². The number of guanidine groups is 1. The average molecular weight is 352 g/mol. The predicted molar refractivity (Wildman–Crippen MR) is 104 cm³/mol. The summed E-state index contributed by atoms with van der Waals surface area (Å²) >= 11 is 1.75. The van der Waals surface area contributed by atoms with Crippen molar-refractivity contribution in [1.29, 1.82) is 0 Å². The molecule has 0 bridgehead atoms. The molecule has 1 aromatic heterocycles. The van der Waals surface area contributed by atoms with Gasteiger partial charge in [-0.05, 0) is 65.6 Å². The second-order valence-electron chi connectivity index (χ2n) is 6.60. The molecule has 2 rings (SSSR count). The van der Waals surface area contributed by atoms with Gasteiger partial charge in [-0.1, -0.05) is 6.92 Å². The highest BCUT2D eigenvalue weighted by Crippen LogP contribution is 2.18. The molecule has 6 heteroatoms. The van der Waals surface area contributed by atoms with Crippen LogP contribution >= 0.6 is 11.3 Å². The molecule has 0 amide bonds. The largest absolute Gasteiger partial charge is 0.357 e. The summed E-state index contributed by atoms with van der Waals surface area (Å²) < 4.78 is 0. The molecule has 0 radical (unpaired) electrons. The number of hydrogen-bond acceptors (Lipinski definition) is 4. The molecule has 1 fully saturated rings. The van der Waals surface area contributed by atoms with Gasteiger partial charge in [0.2, 0.25) is 0 Å². The van der Waals surface area contributed by atoms with E-state index in [0.717, 1.165) is 35.7 Å². The number of aromatic nitrogens is 1. The zero-order chi connectivity index (χ0) is 17.4. The van der Waals surface area contributed by atoms with E-state index < -0.39 is 0 Å². The van der Waals surface area contributed by atoms with Gasteiger partial charge in [0, 0.05) is 18.0 Å². The molecular weight excluding hydrogens is 318 g/mol. The van der Waals surface area contributed by atoms with Crippen LogP contribution in [-0.2, 0) is 6.54 Å². The molecule has 2 heterocycles. The van der Waals surface area contributed by atoms with Gasteiger partial charge in [-0.25, -0.2) is 9.98 Å². The van der Waals surface area contributed by atoms with Crippen molar-refractivity contribution in [1.82, 2.24) is 20.5 Å². The summed E-state index contributed by atoms with van der Waals surface area (Å²) in [6, 6.07) is 0. The molecular formula is C18H33N5S. The molecule has 0 spiro atoms. The van der Waals surface area contributed by atoms with Crippen molar-refractivity contribution in [2.45, 2.75) is 53.5 Å². The highest BCUT2D eigenvalue weighted by molar-refractivity contribution is 7.11. The quantitative estimate of drug-likeness (QED) is 0.586. The summed E-state index contributed by atoms with van der Waals surface area (Å²) in [7, 11) is 0. The fourth-order valence-corrected chi connectivity index (χ4v) is 4.05. The Morgan fingerprint density at radius 2 is 2.00 bits per heavy atom. The van der Waals surface area contributed by atoms with Crippen LogP contribution in [0.1, 0.15) is 48.7 Å². The Morgan fingerprint density at radius 1 is 1.25 bits per heavy atom. The van der Waals surface area contributed by atoms with Gasteiger partial charge in [0.05, 0.1) is 17.2 Å². The number of aliphatic imine (C=N–C) groups is 1. The summed E-state index contributed by atoms with van der Waals surface area (Å²) in [5.74, 6) is 1.69. The number of nitrogens with zero attached hydrogens (tertiary/aromatic N) is 3. The minimum Gasteiger partial charge on any atom is -0.357 e. The number of nitrogens with one attached hydrogen (secondary N) is 2. The zero-order valence-electron chi connectivity index (χ0n) is 15.7. The Kier molecular flexibility index (Phi) is 7.99. The van der Waals surface area contributed by atoms with Gasteiger partial charge in [0.25, 0.3) is 0 Å². The van der Waals surface area contributed by atoms with Crippen LogP contribution in [-0.4, -0.2) is 48.6 Å². The monoisotopic (exact) mass is 351 g/mol. The van der Waals surface area contributed by atoms with Crippen molar-refractivity contribution >= 4 is 17.3 Å². The third kappa shape index (κ3) is 6.06. The topological polar surface area (TPSA) is 52.5 Å². The van der Waals surface area contributed by atoms with Crippen LogP contribution in [0.4, 0.5) is 0 Å². The molecule has 0 saturated carbocycles. The molecule has 1 aliphatic heterocycles. The van der Waals surface area contributed by atoms with Gasteiger partial charge < -0.3 is 15.5 Å². The molecule has 5 nitrogen and oxygen atoms in total. The lowest BCUT2D eigenvalue weighted by Crippen LogP contribution is -2.43.